The van der Waals surface area contributed by atoms with E-state index >= 15 is 0 Å². The molecule has 86 valence electrons. The van der Waals surface area contributed by atoms with Crippen LogP contribution in [0.1, 0.15) is 21.6 Å². The third-order valence-electron chi connectivity index (χ3n) is 2.03. The number of pyridine rings is 1. The van der Waals surface area contributed by atoms with E-state index in [-0.39, 0.29) is 0 Å². The van der Waals surface area contributed by atoms with Crippen molar-refractivity contribution in [1.82, 2.24) is 9.99 Å². The number of hydrogen-bond donors (Lipinski definition) is 3. The molecule has 1 rings (SSSR count). The zero-order valence-corrected chi connectivity index (χ0v) is 9.27. The molecule has 1 heterocycles. The molecule has 0 saturated heterocycles. The maximum Gasteiger partial charge on any atom is 0.250 e. The highest BCUT2D eigenvalue weighted by Gasteiger charge is 2.08. The predicted molar refractivity (Wildman–Crippen MR) is 61.6 cm³/mol. The number of nitrogens with two attached hydrogens (primary N) is 3. The Morgan fingerprint density at radius 1 is 1.50 bits per heavy atom. The molecule has 6 nitrogen and oxygen atoms in total. The van der Waals surface area contributed by atoms with Gasteiger partial charge in [0, 0.05) is 25.0 Å². The number of aryl methyl sites for hydroxylation is 1. The number of primary amides is 1. The number of hydrazine groups is 1. The minimum atomic E-state index is -0.527. The van der Waals surface area contributed by atoms with Gasteiger partial charge in [-0.1, -0.05) is 0 Å². The van der Waals surface area contributed by atoms with Crippen molar-refractivity contribution in [1.29, 1.82) is 0 Å². The van der Waals surface area contributed by atoms with Crippen molar-refractivity contribution in [3.8, 4) is 0 Å². The molecule has 0 radical (unpaired) electrons. The molecule has 0 bridgehead atoms. The Kier molecular flexibility index (Phi) is 3.47. The lowest BCUT2D eigenvalue weighted by atomic mass is 10.1. The van der Waals surface area contributed by atoms with Gasteiger partial charge in [0.05, 0.1) is 17.0 Å². The molecule has 0 atom stereocenters. The van der Waals surface area contributed by atoms with Crippen LogP contribution in [-0.2, 0) is 0 Å². The van der Waals surface area contributed by atoms with Crippen LogP contribution in [0.5, 0.6) is 0 Å². The van der Waals surface area contributed by atoms with E-state index in [4.69, 9.17) is 17.3 Å². The molecule has 0 unspecified atom stereocenters. The molecule has 6 N–H and O–H groups in total. The zero-order valence-electron chi connectivity index (χ0n) is 9.27. The van der Waals surface area contributed by atoms with Crippen LogP contribution in [0.3, 0.4) is 0 Å². The standard InChI is InChI=1S/C10H15N5O/c1-6-8(10(12)16)3-7(4-14-6)9(11)5-15(2)13/h3-5H,11,13H2,1-2H3,(H2,12,16)/b9-5-. The van der Waals surface area contributed by atoms with E-state index in [2.05, 4.69) is 4.98 Å². The first-order chi connectivity index (χ1) is 7.41. The molecular formula is C10H15N5O. The van der Waals surface area contributed by atoms with Crippen molar-refractivity contribution in [3.63, 3.8) is 0 Å². The zero-order chi connectivity index (χ0) is 12.3. The van der Waals surface area contributed by atoms with Gasteiger partial charge in [-0.2, -0.15) is 0 Å². The summed E-state index contributed by atoms with van der Waals surface area (Å²) in [5.41, 5.74) is 12.9. The number of nitrogens with zero attached hydrogens (tertiary/aromatic N) is 2. The van der Waals surface area contributed by atoms with Crippen molar-refractivity contribution in [2.75, 3.05) is 7.05 Å². The highest BCUT2D eigenvalue weighted by Crippen LogP contribution is 2.12. The van der Waals surface area contributed by atoms with E-state index in [0.29, 0.717) is 22.5 Å². The monoisotopic (exact) mass is 221 g/mol. The summed E-state index contributed by atoms with van der Waals surface area (Å²) in [5.74, 6) is 4.90. The van der Waals surface area contributed by atoms with Gasteiger partial charge in [-0.3, -0.25) is 9.78 Å². The fourth-order valence-electron chi connectivity index (χ4n) is 1.23. The quantitative estimate of drug-likeness (QED) is 0.473. The van der Waals surface area contributed by atoms with E-state index in [1.807, 2.05) is 0 Å². The van der Waals surface area contributed by atoms with Crippen LogP contribution in [0, 0.1) is 6.92 Å². The van der Waals surface area contributed by atoms with E-state index < -0.39 is 5.91 Å². The molecule has 0 aliphatic carbocycles. The normalized spacial score (nSPS) is 11.3. The molecule has 6 heteroatoms. The number of carbonyl (C=O) groups is 1. The van der Waals surface area contributed by atoms with Crippen LogP contribution in [0.25, 0.3) is 5.70 Å². The molecule has 0 spiro atoms. The van der Waals surface area contributed by atoms with E-state index in [9.17, 15) is 4.79 Å². The van der Waals surface area contributed by atoms with Crippen LogP contribution in [-0.4, -0.2) is 22.9 Å². The van der Waals surface area contributed by atoms with Crippen LogP contribution in [0.15, 0.2) is 18.5 Å². The summed E-state index contributed by atoms with van der Waals surface area (Å²) in [7, 11) is 1.64. The molecule has 1 amide bonds. The lowest BCUT2D eigenvalue weighted by Crippen LogP contribution is -2.21. The Balaban J connectivity index is 3.18. The summed E-state index contributed by atoms with van der Waals surface area (Å²) in [5, 5.41) is 1.32. The van der Waals surface area contributed by atoms with Gasteiger partial charge < -0.3 is 16.5 Å². The van der Waals surface area contributed by atoms with E-state index in [1.165, 1.54) is 11.2 Å². The first kappa shape index (κ1) is 12.0. The van der Waals surface area contributed by atoms with Crippen LogP contribution in [0.2, 0.25) is 0 Å². The van der Waals surface area contributed by atoms with Crippen molar-refractivity contribution < 1.29 is 4.79 Å². The third-order valence-corrected chi connectivity index (χ3v) is 2.03. The van der Waals surface area contributed by atoms with E-state index in [0.717, 1.165) is 0 Å². The summed E-state index contributed by atoms with van der Waals surface area (Å²) >= 11 is 0. The minimum absolute atomic E-state index is 0.355. The first-order valence-corrected chi connectivity index (χ1v) is 4.63. The highest BCUT2D eigenvalue weighted by atomic mass is 16.1. The van der Waals surface area contributed by atoms with Gasteiger partial charge in [0.15, 0.2) is 0 Å². The minimum Gasteiger partial charge on any atom is -0.397 e. The number of amides is 1. The molecule has 1 aromatic rings. The summed E-state index contributed by atoms with van der Waals surface area (Å²) in [6.45, 7) is 1.71. The Morgan fingerprint density at radius 3 is 2.62 bits per heavy atom. The maximum absolute atomic E-state index is 11.1. The average molecular weight is 221 g/mol. The first-order valence-electron chi connectivity index (χ1n) is 4.63. The largest absolute Gasteiger partial charge is 0.397 e. The van der Waals surface area contributed by atoms with Crippen molar-refractivity contribution >= 4 is 11.6 Å². The summed E-state index contributed by atoms with van der Waals surface area (Å²) in [6, 6.07) is 1.60. The molecule has 1 aromatic heterocycles. The fourth-order valence-corrected chi connectivity index (χ4v) is 1.23. The third kappa shape index (κ3) is 2.71. The van der Waals surface area contributed by atoms with Gasteiger partial charge in [0.1, 0.15) is 0 Å². The Labute approximate surface area is 93.7 Å². The van der Waals surface area contributed by atoms with Crippen molar-refractivity contribution in [3.05, 3.63) is 35.3 Å². The second kappa shape index (κ2) is 4.63. The van der Waals surface area contributed by atoms with Gasteiger partial charge in [0.2, 0.25) is 0 Å². The summed E-state index contributed by atoms with van der Waals surface area (Å²) in [4.78, 5) is 15.2. The number of rotatable bonds is 3. The lowest BCUT2D eigenvalue weighted by Gasteiger charge is -2.09. The smallest absolute Gasteiger partial charge is 0.250 e. The second-order valence-corrected chi connectivity index (χ2v) is 3.47. The van der Waals surface area contributed by atoms with Gasteiger partial charge in [-0.15, -0.1) is 0 Å². The fraction of sp³-hybridized carbons (Fsp3) is 0.200. The van der Waals surface area contributed by atoms with Crippen molar-refractivity contribution in [2.45, 2.75) is 6.92 Å². The van der Waals surface area contributed by atoms with Crippen LogP contribution in [0.4, 0.5) is 0 Å². The Morgan fingerprint density at radius 2 is 2.12 bits per heavy atom. The molecule has 0 saturated carbocycles. The van der Waals surface area contributed by atoms with Gasteiger partial charge in [-0.05, 0) is 13.0 Å². The Hall–Kier alpha value is -2.08. The Bertz CT molecular complexity index is 439. The van der Waals surface area contributed by atoms with Gasteiger partial charge >= 0.3 is 0 Å². The van der Waals surface area contributed by atoms with Crippen molar-refractivity contribution in [2.24, 2.45) is 17.3 Å². The molecular weight excluding hydrogens is 206 g/mol. The van der Waals surface area contributed by atoms with Crippen LogP contribution >= 0.6 is 0 Å². The molecule has 0 aromatic carbocycles. The maximum atomic E-state index is 11.1. The van der Waals surface area contributed by atoms with Gasteiger partial charge in [-0.25, -0.2) is 5.84 Å². The topological polar surface area (TPSA) is 111 Å². The second-order valence-electron chi connectivity index (χ2n) is 3.47. The van der Waals surface area contributed by atoms with Crippen LogP contribution < -0.4 is 17.3 Å². The average Bonchev–Trinajstić information content (AvgIpc) is 2.16. The summed E-state index contributed by atoms with van der Waals surface area (Å²) in [6.07, 6.45) is 3.09. The molecule has 0 fully saturated rings. The summed E-state index contributed by atoms with van der Waals surface area (Å²) < 4.78 is 0. The molecule has 16 heavy (non-hydrogen) atoms. The highest BCUT2D eigenvalue weighted by molar-refractivity contribution is 5.94. The number of carbonyl (C=O) groups excluding carboxylic acids is 1. The van der Waals surface area contributed by atoms with E-state index in [1.54, 1.807) is 26.2 Å². The predicted octanol–water partition coefficient (Wildman–Crippen LogP) is -0.448. The molecule has 0 aliphatic heterocycles. The number of hydrogen-bond acceptors (Lipinski definition) is 5. The number of aromatic nitrogens is 1. The molecule has 0 aliphatic rings. The SMILES string of the molecule is Cc1ncc(/C(N)=C/N(C)N)cc1C(N)=O. The van der Waals surface area contributed by atoms with Gasteiger partial charge in [0.25, 0.3) is 5.91 Å². The lowest BCUT2D eigenvalue weighted by molar-refractivity contribution is 0.0999.